The van der Waals surface area contributed by atoms with Crippen LogP contribution in [0.3, 0.4) is 0 Å². The lowest BCUT2D eigenvalue weighted by atomic mass is 10.2. The predicted octanol–water partition coefficient (Wildman–Crippen LogP) is 2.76. The molecule has 2 rings (SSSR count). The van der Waals surface area contributed by atoms with Crippen molar-refractivity contribution in [3.63, 3.8) is 0 Å². The standard InChI is InChI=1S/C15H16N2O3S/c1-3-20-11-6-4-10(5-7-11)13(18)17-15-12(8-9-21-15)14(19)16-2/h4-9H,3H2,1-2H3,(H,16,19)(H,17,18). The highest BCUT2D eigenvalue weighted by molar-refractivity contribution is 7.14. The molecule has 0 aliphatic rings. The monoisotopic (exact) mass is 304 g/mol. The topological polar surface area (TPSA) is 67.4 Å². The summed E-state index contributed by atoms with van der Waals surface area (Å²) in [4.78, 5) is 23.8. The lowest BCUT2D eigenvalue weighted by molar-refractivity contribution is 0.0964. The van der Waals surface area contributed by atoms with Crippen molar-refractivity contribution >= 4 is 28.2 Å². The number of amides is 2. The van der Waals surface area contributed by atoms with Crippen LogP contribution in [0.2, 0.25) is 0 Å². The van der Waals surface area contributed by atoms with Gasteiger partial charge < -0.3 is 15.4 Å². The Morgan fingerprint density at radius 2 is 1.86 bits per heavy atom. The van der Waals surface area contributed by atoms with Gasteiger partial charge in [-0.2, -0.15) is 0 Å². The fraction of sp³-hybridized carbons (Fsp3) is 0.200. The zero-order chi connectivity index (χ0) is 15.2. The van der Waals surface area contributed by atoms with Gasteiger partial charge in [0.15, 0.2) is 0 Å². The summed E-state index contributed by atoms with van der Waals surface area (Å²) in [5.74, 6) is 0.236. The zero-order valence-corrected chi connectivity index (χ0v) is 12.6. The van der Waals surface area contributed by atoms with Crippen molar-refractivity contribution in [1.82, 2.24) is 5.32 Å². The third kappa shape index (κ3) is 3.61. The molecule has 21 heavy (non-hydrogen) atoms. The van der Waals surface area contributed by atoms with Gasteiger partial charge in [0.05, 0.1) is 12.2 Å². The number of ether oxygens (including phenoxy) is 1. The van der Waals surface area contributed by atoms with Crippen molar-refractivity contribution in [2.45, 2.75) is 6.92 Å². The Morgan fingerprint density at radius 1 is 1.14 bits per heavy atom. The summed E-state index contributed by atoms with van der Waals surface area (Å²) in [6.45, 7) is 2.48. The second-order valence-corrected chi connectivity index (χ2v) is 5.07. The van der Waals surface area contributed by atoms with Crippen LogP contribution in [0.5, 0.6) is 5.75 Å². The molecule has 1 aromatic carbocycles. The van der Waals surface area contributed by atoms with E-state index in [2.05, 4.69) is 10.6 Å². The number of carbonyl (C=O) groups is 2. The number of hydrogen-bond acceptors (Lipinski definition) is 4. The molecule has 0 fully saturated rings. The molecule has 2 N–H and O–H groups in total. The lowest BCUT2D eigenvalue weighted by Gasteiger charge is -2.07. The van der Waals surface area contributed by atoms with Crippen LogP contribution in [-0.2, 0) is 0 Å². The van der Waals surface area contributed by atoms with Gasteiger partial charge in [-0.15, -0.1) is 11.3 Å². The average Bonchev–Trinajstić information content (AvgIpc) is 2.95. The van der Waals surface area contributed by atoms with Crippen LogP contribution in [0.25, 0.3) is 0 Å². The molecule has 0 atom stereocenters. The second-order valence-electron chi connectivity index (χ2n) is 4.15. The van der Waals surface area contributed by atoms with Gasteiger partial charge in [-0.3, -0.25) is 9.59 Å². The molecule has 2 amide bonds. The second kappa shape index (κ2) is 6.90. The highest BCUT2D eigenvalue weighted by Gasteiger charge is 2.14. The van der Waals surface area contributed by atoms with E-state index in [0.717, 1.165) is 5.75 Å². The van der Waals surface area contributed by atoms with Crippen LogP contribution in [0.15, 0.2) is 35.7 Å². The number of hydrogen-bond donors (Lipinski definition) is 2. The quantitative estimate of drug-likeness (QED) is 0.892. The molecule has 0 aliphatic carbocycles. The third-order valence-corrected chi connectivity index (χ3v) is 3.62. The van der Waals surface area contributed by atoms with Crippen molar-refractivity contribution in [2.75, 3.05) is 19.0 Å². The maximum atomic E-state index is 12.2. The highest BCUT2D eigenvalue weighted by Crippen LogP contribution is 2.24. The molecular weight excluding hydrogens is 288 g/mol. The SMILES string of the molecule is CCOc1ccc(C(=O)Nc2sccc2C(=O)NC)cc1. The van der Waals surface area contributed by atoms with Gasteiger partial charge >= 0.3 is 0 Å². The molecule has 1 aromatic heterocycles. The van der Waals surface area contributed by atoms with Gasteiger partial charge in [0.25, 0.3) is 11.8 Å². The first-order chi connectivity index (χ1) is 10.2. The first-order valence-corrected chi connectivity index (χ1v) is 7.37. The Kier molecular flexibility index (Phi) is 4.94. The number of thiophene rings is 1. The van der Waals surface area contributed by atoms with E-state index in [9.17, 15) is 9.59 Å². The summed E-state index contributed by atoms with van der Waals surface area (Å²) >= 11 is 1.31. The molecule has 6 heteroatoms. The van der Waals surface area contributed by atoms with Gasteiger partial charge in [-0.25, -0.2) is 0 Å². The summed E-state index contributed by atoms with van der Waals surface area (Å²) in [6, 6.07) is 8.54. The van der Waals surface area contributed by atoms with Gasteiger partial charge in [-0.05, 0) is 42.6 Å². The number of benzene rings is 1. The first-order valence-electron chi connectivity index (χ1n) is 6.49. The summed E-state index contributed by atoms with van der Waals surface area (Å²) in [5.41, 5.74) is 0.969. The number of rotatable bonds is 5. The Labute approximate surface area is 126 Å². The van der Waals surface area contributed by atoms with Crippen molar-refractivity contribution in [1.29, 1.82) is 0 Å². The average molecular weight is 304 g/mol. The van der Waals surface area contributed by atoms with E-state index in [0.29, 0.717) is 22.7 Å². The highest BCUT2D eigenvalue weighted by atomic mass is 32.1. The normalized spacial score (nSPS) is 10.0. The Balaban J connectivity index is 2.11. The van der Waals surface area contributed by atoms with E-state index in [1.165, 1.54) is 11.3 Å². The Hall–Kier alpha value is -2.34. The fourth-order valence-electron chi connectivity index (χ4n) is 1.76. The molecule has 0 radical (unpaired) electrons. The maximum absolute atomic E-state index is 12.2. The lowest BCUT2D eigenvalue weighted by Crippen LogP contribution is -2.20. The molecule has 1 heterocycles. The van der Waals surface area contributed by atoms with Gasteiger partial charge in [0.1, 0.15) is 10.8 Å². The molecule has 0 unspecified atom stereocenters. The van der Waals surface area contributed by atoms with E-state index in [1.54, 1.807) is 42.8 Å². The minimum absolute atomic E-state index is 0.224. The summed E-state index contributed by atoms with van der Waals surface area (Å²) in [6.07, 6.45) is 0. The molecule has 0 aliphatic heterocycles. The van der Waals surface area contributed by atoms with Crippen LogP contribution in [0.1, 0.15) is 27.6 Å². The molecule has 0 saturated heterocycles. The summed E-state index contributed by atoms with van der Waals surface area (Å²) in [7, 11) is 1.55. The molecule has 0 spiro atoms. The van der Waals surface area contributed by atoms with E-state index >= 15 is 0 Å². The van der Waals surface area contributed by atoms with Gasteiger partial charge in [0.2, 0.25) is 0 Å². The van der Waals surface area contributed by atoms with Crippen LogP contribution in [0.4, 0.5) is 5.00 Å². The number of anilines is 1. The number of carbonyl (C=O) groups excluding carboxylic acids is 2. The molecule has 0 saturated carbocycles. The smallest absolute Gasteiger partial charge is 0.256 e. The van der Waals surface area contributed by atoms with Crippen molar-refractivity contribution in [3.05, 3.63) is 46.8 Å². The molecule has 110 valence electrons. The minimum Gasteiger partial charge on any atom is -0.494 e. The van der Waals surface area contributed by atoms with E-state index < -0.39 is 0 Å². The van der Waals surface area contributed by atoms with Gasteiger partial charge in [-0.1, -0.05) is 0 Å². The minimum atomic E-state index is -0.259. The predicted molar refractivity (Wildman–Crippen MR) is 83.3 cm³/mol. The fourth-order valence-corrected chi connectivity index (χ4v) is 2.54. The van der Waals surface area contributed by atoms with Gasteiger partial charge in [0, 0.05) is 12.6 Å². The van der Waals surface area contributed by atoms with Crippen LogP contribution in [-0.4, -0.2) is 25.5 Å². The van der Waals surface area contributed by atoms with Crippen molar-refractivity contribution < 1.29 is 14.3 Å². The Bertz CT molecular complexity index is 635. The van der Waals surface area contributed by atoms with E-state index in [1.807, 2.05) is 6.92 Å². The summed E-state index contributed by atoms with van der Waals surface area (Å²) < 4.78 is 5.33. The Morgan fingerprint density at radius 3 is 2.48 bits per heavy atom. The van der Waals surface area contributed by atoms with Crippen LogP contribution >= 0.6 is 11.3 Å². The molecule has 5 nitrogen and oxygen atoms in total. The van der Waals surface area contributed by atoms with E-state index in [-0.39, 0.29) is 11.8 Å². The number of nitrogens with one attached hydrogen (secondary N) is 2. The zero-order valence-electron chi connectivity index (χ0n) is 11.8. The van der Waals surface area contributed by atoms with E-state index in [4.69, 9.17) is 4.74 Å². The molecule has 0 bridgehead atoms. The maximum Gasteiger partial charge on any atom is 0.256 e. The van der Waals surface area contributed by atoms with Crippen LogP contribution < -0.4 is 15.4 Å². The third-order valence-electron chi connectivity index (χ3n) is 2.79. The molecular formula is C15H16N2O3S. The summed E-state index contributed by atoms with van der Waals surface area (Å²) in [5, 5.41) is 7.59. The largest absolute Gasteiger partial charge is 0.494 e. The molecule has 2 aromatic rings. The van der Waals surface area contributed by atoms with Crippen LogP contribution in [0, 0.1) is 0 Å². The van der Waals surface area contributed by atoms with Crippen molar-refractivity contribution in [2.24, 2.45) is 0 Å². The van der Waals surface area contributed by atoms with Crippen molar-refractivity contribution in [3.8, 4) is 5.75 Å². The first kappa shape index (κ1) is 15.1.